The summed E-state index contributed by atoms with van der Waals surface area (Å²) < 4.78 is 18.2. The smallest absolute Gasteiger partial charge is 0.411 e. The van der Waals surface area contributed by atoms with Gasteiger partial charge in [-0.3, -0.25) is 10.2 Å². The molecule has 1 fully saturated rings. The number of aliphatic hydroxyl groups excluding tert-OH is 2. The van der Waals surface area contributed by atoms with E-state index in [4.69, 9.17) is 14.2 Å². The fraction of sp³-hybridized carbons (Fsp3) is 0.364. The molecular weight excluding hydrogens is 520 g/mol. The van der Waals surface area contributed by atoms with Gasteiger partial charge >= 0.3 is 6.09 Å². The van der Waals surface area contributed by atoms with E-state index in [1.807, 2.05) is 86.8 Å². The highest BCUT2D eigenvalue weighted by atomic mass is 16.7. The first-order valence-corrected chi connectivity index (χ1v) is 13.9. The number of rotatable bonds is 11. The molecule has 3 N–H and O–H groups in total. The molecule has 1 amide bonds. The number of carbonyl (C=O) groups excluding carboxylic acids is 1. The van der Waals surface area contributed by atoms with Gasteiger partial charge in [0.05, 0.1) is 24.9 Å². The van der Waals surface area contributed by atoms with Gasteiger partial charge in [0, 0.05) is 29.8 Å². The van der Waals surface area contributed by atoms with E-state index >= 15 is 0 Å². The summed E-state index contributed by atoms with van der Waals surface area (Å²) in [5.74, 6) is -0.0232. The number of amides is 1. The summed E-state index contributed by atoms with van der Waals surface area (Å²) in [6.45, 7) is 8.31. The molecule has 1 heterocycles. The van der Waals surface area contributed by atoms with E-state index < -0.39 is 18.5 Å². The summed E-state index contributed by atoms with van der Waals surface area (Å²) in [6.07, 6.45) is -0.951. The van der Waals surface area contributed by atoms with E-state index in [0.717, 1.165) is 22.3 Å². The lowest BCUT2D eigenvalue weighted by Crippen LogP contribution is -2.46. The van der Waals surface area contributed by atoms with Crippen molar-refractivity contribution in [3.8, 4) is 0 Å². The summed E-state index contributed by atoms with van der Waals surface area (Å²) in [7, 11) is 1.99. The van der Waals surface area contributed by atoms with Crippen molar-refractivity contribution in [3.05, 3.63) is 114 Å². The first kappa shape index (κ1) is 30.4. The number of hydrogen-bond donors (Lipinski definition) is 3. The predicted molar refractivity (Wildman–Crippen MR) is 158 cm³/mol. The number of likely N-dealkylation sites (N-methyl/N-ethyl adjacent to an activating group) is 1. The van der Waals surface area contributed by atoms with E-state index in [1.165, 1.54) is 6.08 Å². The van der Waals surface area contributed by atoms with Crippen molar-refractivity contribution in [1.29, 1.82) is 0 Å². The lowest BCUT2D eigenvalue weighted by atomic mass is 9.89. The summed E-state index contributed by atoms with van der Waals surface area (Å²) in [4.78, 5) is 14.2. The SMILES string of the molecule is C=CCOC(=O)Nc1cccc([C@@H]2O[C@H](CN(C)[C@H](C)[C@@H](O)c3ccccc3)[C@H](C)[C@H](c3ccc(CO)cc3)O2)c1. The number of nitrogens with one attached hydrogen (secondary N) is 1. The Morgan fingerprint density at radius 1 is 1.07 bits per heavy atom. The van der Waals surface area contributed by atoms with Crippen LogP contribution in [0.25, 0.3) is 0 Å². The summed E-state index contributed by atoms with van der Waals surface area (Å²) in [5.41, 5.74) is 3.98. The number of carbonyl (C=O) groups is 1. The number of benzene rings is 3. The Morgan fingerprint density at radius 3 is 2.49 bits per heavy atom. The van der Waals surface area contributed by atoms with Crippen LogP contribution in [0.1, 0.15) is 54.6 Å². The zero-order valence-corrected chi connectivity index (χ0v) is 23.9. The van der Waals surface area contributed by atoms with Crippen LogP contribution in [-0.2, 0) is 20.8 Å². The van der Waals surface area contributed by atoms with Crippen molar-refractivity contribution in [2.45, 2.75) is 51.1 Å². The lowest BCUT2D eigenvalue weighted by Gasteiger charge is -2.43. The molecule has 8 nitrogen and oxygen atoms in total. The van der Waals surface area contributed by atoms with Crippen molar-refractivity contribution in [3.63, 3.8) is 0 Å². The molecule has 3 aromatic rings. The zero-order chi connectivity index (χ0) is 29.4. The van der Waals surface area contributed by atoms with E-state index in [0.29, 0.717) is 12.2 Å². The average Bonchev–Trinajstić information content (AvgIpc) is 3.00. The van der Waals surface area contributed by atoms with Gasteiger partial charge in [-0.15, -0.1) is 0 Å². The predicted octanol–water partition coefficient (Wildman–Crippen LogP) is 5.76. The Morgan fingerprint density at radius 2 is 1.80 bits per heavy atom. The van der Waals surface area contributed by atoms with Gasteiger partial charge in [-0.05, 0) is 42.8 Å². The molecule has 1 saturated heterocycles. The highest BCUT2D eigenvalue weighted by Gasteiger charge is 2.39. The van der Waals surface area contributed by atoms with Gasteiger partial charge in [-0.1, -0.05) is 86.3 Å². The first-order chi connectivity index (χ1) is 19.8. The molecule has 8 heteroatoms. The monoisotopic (exact) mass is 560 g/mol. The highest BCUT2D eigenvalue weighted by Crippen LogP contribution is 2.42. The maximum absolute atomic E-state index is 12.1. The minimum atomic E-state index is -0.701. The summed E-state index contributed by atoms with van der Waals surface area (Å²) >= 11 is 0. The second kappa shape index (κ2) is 14.4. The van der Waals surface area contributed by atoms with Gasteiger partial charge in [-0.25, -0.2) is 4.79 Å². The van der Waals surface area contributed by atoms with Crippen LogP contribution in [0, 0.1) is 5.92 Å². The Balaban J connectivity index is 1.57. The third-order valence-electron chi connectivity index (χ3n) is 7.62. The minimum absolute atomic E-state index is 0.0232. The van der Waals surface area contributed by atoms with Crippen LogP contribution >= 0.6 is 0 Å². The molecule has 4 rings (SSSR count). The second-order valence-corrected chi connectivity index (χ2v) is 10.5. The molecule has 0 bridgehead atoms. The van der Waals surface area contributed by atoms with Crippen LogP contribution in [0.5, 0.6) is 0 Å². The molecule has 41 heavy (non-hydrogen) atoms. The van der Waals surface area contributed by atoms with Crippen LogP contribution in [0.4, 0.5) is 10.5 Å². The van der Waals surface area contributed by atoms with Crippen molar-refractivity contribution >= 4 is 11.8 Å². The van der Waals surface area contributed by atoms with Crippen LogP contribution < -0.4 is 5.32 Å². The van der Waals surface area contributed by atoms with Crippen LogP contribution in [0.15, 0.2) is 91.5 Å². The van der Waals surface area contributed by atoms with Crippen LogP contribution in [0.3, 0.4) is 0 Å². The van der Waals surface area contributed by atoms with Gasteiger partial charge in [0.2, 0.25) is 0 Å². The lowest BCUT2D eigenvalue weighted by molar-refractivity contribution is -0.276. The van der Waals surface area contributed by atoms with E-state index in [2.05, 4.69) is 23.7 Å². The topological polar surface area (TPSA) is 100 Å². The van der Waals surface area contributed by atoms with Gasteiger partial charge < -0.3 is 24.4 Å². The molecule has 3 aromatic carbocycles. The Bertz CT molecular complexity index is 1270. The van der Waals surface area contributed by atoms with Crippen molar-refractivity contribution in [1.82, 2.24) is 4.90 Å². The fourth-order valence-electron chi connectivity index (χ4n) is 5.00. The Kier molecular flexibility index (Phi) is 10.7. The third kappa shape index (κ3) is 7.81. The molecular formula is C33H40N2O6. The largest absolute Gasteiger partial charge is 0.445 e. The fourth-order valence-corrected chi connectivity index (χ4v) is 5.00. The number of aliphatic hydroxyl groups is 2. The highest BCUT2D eigenvalue weighted by molar-refractivity contribution is 5.84. The number of anilines is 1. The van der Waals surface area contributed by atoms with Crippen molar-refractivity contribution in [2.24, 2.45) is 5.92 Å². The van der Waals surface area contributed by atoms with Gasteiger partial charge in [0.1, 0.15) is 6.61 Å². The quantitative estimate of drug-likeness (QED) is 0.257. The van der Waals surface area contributed by atoms with Gasteiger partial charge in [0.25, 0.3) is 0 Å². The number of nitrogens with zero attached hydrogens (tertiary/aromatic N) is 1. The molecule has 1 aliphatic heterocycles. The molecule has 0 spiro atoms. The van der Waals surface area contributed by atoms with Crippen molar-refractivity contribution < 1.29 is 29.2 Å². The van der Waals surface area contributed by atoms with Gasteiger partial charge in [0.15, 0.2) is 6.29 Å². The number of ether oxygens (including phenoxy) is 3. The molecule has 218 valence electrons. The maximum atomic E-state index is 12.1. The normalized spacial score (nSPS) is 22.1. The minimum Gasteiger partial charge on any atom is -0.445 e. The molecule has 1 aliphatic rings. The molecule has 0 aliphatic carbocycles. The Hall–Kier alpha value is -3.53. The number of hydrogen-bond acceptors (Lipinski definition) is 7. The first-order valence-electron chi connectivity index (χ1n) is 13.9. The molecule has 0 saturated carbocycles. The zero-order valence-electron chi connectivity index (χ0n) is 23.9. The average molecular weight is 561 g/mol. The van der Waals surface area contributed by atoms with E-state index in [1.54, 1.807) is 6.07 Å². The molecule has 0 unspecified atom stereocenters. The van der Waals surface area contributed by atoms with Crippen molar-refractivity contribution in [2.75, 3.05) is 25.5 Å². The summed E-state index contributed by atoms with van der Waals surface area (Å²) in [6, 6.07) is 24.5. The maximum Gasteiger partial charge on any atom is 0.411 e. The van der Waals surface area contributed by atoms with E-state index in [-0.39, 0.29) is 37.4 Å². The molecule has 0 aromatic heterocycles. The Labute approximate surface area is 242 Å². The van der Waals surface area contributed by atoms with Gasteiger partial charge in [-0.2, -0.15) is 0 Å². The van der Waals surface area contributed by atoms with Crippen LogP contribution in [0.2, 0.25) is 0 Å². The summed E-state index contributed by atoms with van der Waals surface area (Å²) in [5, 5.41) is 23.3. The van der Waals surface area contributed by atoms with E-state index in [9.17, 15) is 15.0 Å². The molecule has 6 atom stereocenters. The molecule has 0 radical (unpaired) electrons. The third-order valence-corrected chi connectivity index (χ3v) is 7.62. The standard InChI is InChI=1S/C33H40N2O6/c1-5-18-39-33(38)34-28-13-9-12-27(19-28)32-40-29(20-35(4)23(3)30(37)25-10-7-6-8-11-25)22(2)31(41-32)26-16-14-24(21-36)15-17-26/h5-17,19,22-23,29-32,36-37H,1,18,20-21H2,2-4H3,(H,34,38)/t22-,23+,29+,30+,31+,32+/m0/s1. The van der Waals surface area contributed by atoms with Crippen LogP contribution in [-0.4, -0.2) is 53.6 Å². The second-order valence-electron chi connectivity index (χ2n) is 10.5.